The molecule has 4 heteroatoms. The summed E-state index contributed by atoms with van der Waals surface area (Å²) in [6, 6.07) is 0.368. The van der Waals surface area contributed by atoms with Gasteiger partial charge < -0.3 is 15.5 Å². The topological polar surface area (TPSA) is 44.4 Å². The normalized spacial score (nSPS) is 19.3. The van der Waals surface area contributed by atoms with Gasteiger partial charge in [-0.2, -0.15) is 0 Å². The second-order valence-corrected chi connectivity index (χ2v) is 5.88. The standard InChI is InChI=1S/C13H27N3O/c1-5-16-8-6-11(7-9-16)15-12(17)10-14-13(2,3)4/h11,14H,5-10H2,1-4H3,(H,15,17). The van der Waals surface area contributed by atoms with Crippen molar-refractivity contribution in [3.05, 3.63) is 0 Å². The van der Waals surface area contributed by atoms with Crippen molar-refractivity contribution in [1.82, 2.24) is 15.5 Å². The third-order valence-corrected chi connectivity index (χ3v) is 3.18. The lowest BCUT2D eigenvalue weighted by Crippen LogP contribution is -2.49. The van der Waals surface area contributed by atoms with Gasteiger partial charge in [0.15, 0.2) is 0 Å². The predicted molar refractivity (Wildman–Crippen MR) is 71.0 cm³/mol. The molecule has 0 atom stereocenters. The summed E-state index contributed by atoms with van der Waals surface area (Å²) in [5.74, 6) is 0.120. The van der Waals surface area contributed by atoms with E-state index in [1.54, 1.807) is 0 Å². The smallest absolute Gasteiger partial charge is 0.234 e. The highest BCUT2D eigenvalue weighted by atomic mass is 16.2. The Hall–Kier alpha value is -0.610. The lowest BCUT2D eigenvalue weighted by molar-refractivity contribution is -0.121. The van der Waals surface area contributed by atoms with Gasteiger partial charge in [-0.3, -0.25) is 4.79 Å². The third kappa shape index (κ3) is 6.03. The van der Waals surface area contributed by atoms with E-state index in [1.165, 1.54) is 0 Å². The monoisotopic (exact) mass is 241 g/mol. The van der Waals surface area contributed by atoms with E-state index in [9.17, 15) is 4.79 Å². The van der Waals surface area contributed by atoms with Crippen molar-refractivity contribution in [3.8, 4) is 0 Å². The minimum absolute atomic E-state index is 0.00289. The molecule has 17 heavy (non-hydrogen) atoms. The van der Waals surface area contributed by atoms with Crippen LogP contribution in [-0.2, 0) is 4.79 Å². The second-order valence-electron chi connectivity index (χ2n) is 5.88. The minimum Gasteiger partial charge on any atom is -0.352 e. The van der Waals surface area contributed by atoms with Gasteiger partial charge in [0.05, 0.1) is 6.54 Å². The lowest BCUT2D eigenvalue weighted by Gasteiger charge is -2.31. The SMILES string of the molecule is CCN1CCC(NC(=O)CNC(C)(C)C)CC1. The number of amides is 1. The van der Waals surface area contributed by atoms with Crippen molar-refractivity contribution in [3.63, 3.8) is 0 Å². The molecule has 0 saturated carbocycles. The van der Waals surface area contributed by atoms with E-state index in [1.807, 2.05) is 0 Å². The van der Waals surface area contributed by atoms with Gasteiger partial charge in [0.25, 0.3) is 0 Å². The summed E-state index contributed by atoms with van der Waals surface area (Å²) in [6.07, 6.45) is 2.16. The molecule has 0 aromatic rings. The largest absolute Gasteiger partial charge is 0.352 e. The summed E-state index contributed by atoms with van der Waals surface area (Å²) in [4.78, 5) is 14.1. The average molecular weight is 241 g/mol. The second kappa shape index (κ2) is 6.36. The van der Waals surface area contributed by atoms with E-state index >= 15 is 0 Å². The highest BCUT2D eigenvalue weighted by Gasteiger charge is 2.20. The highest BCUT2D eigenvalue weighted by Crippen LogP contribution is 2.09. The Labute approximate surface area is 105 Å². The molecule has 1 saturated heterocycles. The third-order valence-electron chi connectivity index (χ3n) is 3.18. The molecule has 100 valence electrons. The number of nitrogens with one attached hydrogen (secondary N) is 2. The van der Waals surface area contributed by atoms with Crippen molar-refractivity contribution in [2.75, 3.05) is 26.2 Å². The Morgan fingerprint density at radius 3 is 2.35 bits per heavy atom. The predicted octanol–water partition coefficient (Wildman–Crippen LogP) is 0.975. The molecule has 0 bridgehead atoms. The first-order valence-corrected chi connectivity index (χ1v) is 6.67. The van der Waals surface area contributed by atoms with E-state index in [-0.39, 0.29) is 11.4 Å². The van der Waals surface area contributed by atoms with Crippen LogP contribution in [0.25, 0.3) is 0 Å². The first kappa shape index (κ1) is 14.5. The van der Waals surface area contributed by atoms with Gasteiger partial charge in [-0.25, -0.2) is 0 Å². The lowest BCUT2D eigenvalue weighted by atomic mass is 10.1. The number of carbonyl (C=O) groups excluding carboxylic acids is 1. The molecule has 1 rings (SSSR count). The van der Waals surface area contributed by atoms with Crippen LogP contribution < -0.4 is 10.6 Å². The van der Waals surface area contributed by atoms with E-state index in [0.29, 0.717) is 12.6 Å². The van der Waals surface area contributed by atoms with E-state index < -0.39 is 0 Å². The Kier molecular flexibility index (Phi) is 5.40. The van der Waals surface area contributed by atoms with Crippen molar-refractivity contribution < 1.29 is 4.79 Å². The van der Waals surface area contributed by atoms with Crippen molar-refractivity contribution in [1.29, 1.82) is 0 Å². The van der Waals surface area contributed by atoms with Crippen LogP contribution in [0.4, 0.5) is 0 Å². The molecule has 1 aliphatic heterocycles. The zero-order chi connectivity index (χ0) is 12.9. The van der Waals surface area contributed by atoms with Crippen LogP contribution in [0, 0.1) is 0 Å². The van der Waals surface area contributed by atoms with Gasteiger partial charge in [-0.15, -0.1) is 0 Å². The molecule has 1 aliphatic rings. The minimum atomic E-state index is 0.00289. The number of nitrogens with zero attached hydrogens (tertiary/aromatic N) is 1. The van der Waals surface area contributed by atoms with Gasteiger partial charge in [-0.05, 0) is 40.2 Å². The summed E-state index contributed by atoms with van der Waals surface area (Å²) in [6.45, 7) is 12.1. The Bertz CT molecular complexity index is 240. The summed E-state index contributed by atoms with van der Waals surface area (Å²) in [5, 5.41) is 6.32. The zero-order valence-corrected chi connectivity index (χ0v) is 11.7. The Balaban J connectivity index is 2.19. The quantitative estimate of drug-likeness (QED) is 0.771. The molecule has 4 nitrogen and oxygen atoms in total. The van der Waals surface area contributed by atoms with Crippen LogP contribution in [0.15, 0.2) is 0 Å². The van der Waals surface area contributed by atoms with Gasteiger partial charge in [0, 0.05) is 24.7 Å². The average Bonchev–Trinajstić information content (AvgIpc) is 2.27. The van der Waals surface area contributed by atoms with Crippen LogP contribution in [0.3, 0.4) is 0 Å². The van der Waals surface area contributed by atoms with Crippen molar-refractivity contribution in [2.24, 2.45) is 0 Å². The molecule has 1 fully saturated rings. The molecule has 0 unspecified atom stereocenters. The summed E-state index contributed by atoms with van der Waals surface area (Å²) < 4.78 is 0. The van der Waals surface area contributed by atoms with E-state index in [2.05, 4.69) is 43.2 Å². The number of carbonyl (C=O) groups is 1. The fourth-order valence-electron chi connectivity index (χ4n) is 2.02. The first-order chi connectivity index (χ1) is 7.90. The summed E-state index contributed by atoms with van der Waals surface area (Å²) >= 11 is 0. The van der Waals surface area contributed by atoms with E-state index in [0.717, 1.165) is 32.5 Å². The number of rotatable bonds is 4. The molecule has 0 aromatic carbocycles. The highest BCUT2D eigenvalue weighted by molar-refractivity contribution is 5.78. The number of likely N-dealkylation sites (tertiary alicyclic amines) is 1. The van der Waals surface area contributed by atoms with Crippen LogP contribution in [0.1, 0.15) is 40.5 Å². The van der Waals surface area contributed by atoms with E-state index in [4.69, 9.17) is 0 Å². The molecule has 1 heterocycles. The molecule has 0 aliphatic carbocycles. The van der Waals surface area contributed by atoms with Crippen LogP contribution in [-0.4, -0.2) is 48.6 Å². The molecule has 2 N–H and O–H groups in total. The molecular formula is C13H27N3O. The van der Waals surface area contributed by atoms with Gasteiger partial charge in [-0.1, -0.05) is 6.92 Å². The molecule has 1 amide bonds. The van der Waals surface area contributed by atoms with Gasteiger partial charge >= 0.3 is 0 Å². The number of hydrogen-bond donors (Lipinski definition) is 2. The van der Waals surface area contributed by atoms with Crippen LogP contribution in [0.5, 0.6) is 0 Å². The van der Waals surface area contributed by atoms with Crippen molar-refractivity contribution >= 4 is 5.91 Å². The van der Waals surface area contributed by atoms with Crippen molar-refractivity contribution in [2.45, 2.75) is 52.1 Å². The molecule has 0 spiro atoms. The zero-order valence-electron chi connectivity index (χ0n) is 11.7. The summed E-state index contributed by atoms with van der Waals surface area (Å²) in [5.41, 5.74) is 0.00289. The number of piperidine rings is 1. The number of hydrogen-bond acceptors (Lipinski definition) is 3. The Morgan fingerprint density at radius 1 is 1.29 bits per heavy atom. The first-order valence-electron chi connectivity index (χ1n) is 6.67. The molecule has 0 aromatic heterocycles. The van der Waals surface area contributed by atoms with Crippen LogP contribution in [0.2, 0.25) is 0 Å². The molecular weight excluding hydrogens is 214 g/mol. The fourth-order valence-corrected chi connectivity index (χ4v) is 2.02. The van der Waals surface area contributed by atoms with Crippen LogP contribution >= 0.6 is 0 Å². The molecule has 0 radical (unpaired) electrons. The fraction of sp³-hybridized carbons (Fsp3) is 0.923. The van der Waals surface area contributed by atoms with Gasteiger partial charge in [0.1, 0.15) is 0 Å². The maximum Gasteiger partial charge on any atom is 0.234 e. The maximum absolute atomic E-state index is 11.7. The van der Waals surface area contributed by atoms with Gasteiger partial charge in [0.2, 0.25) is 5.91 Å². The Morgan fingerprint density at radius 2 is 1.88 bits per heavy atom. The maximum atomic E-state index is 11.7. The summed E-state index contributed by atoms with van der Waals surface area (Å²) in [7, 11) is 0.